The molecule has 4 nitrogen and oxygen atoms in total. The van der Waals surface area contributed by atoms with Crippen LogP contribution in [0.2, 0.25) is 5.02 Å². The molecule has 1 saturated heterocycles. The van der Waals surface area contributed by atoms with E-state index in [0.717, 1.165) is 54.4 Å². The highest BCUT2D eigenvalue weighted by Gasteiger charge is 2.23. The summed E-state index contributed by atoms with van der Waals surface area (Å²) in [7, 11) is 1.66. The van der Waals surface area contributed by atoms with Crippen molar-refractivity contribution in [3.8, 4) is 5.75 Å². The summed E-state index contributed by atoms with van der Waals surface area (Å²) < 4.78 is 5.19. The maximum Gasteiger partial charge on any atom is 0.222 e. The number of rotatable bonds is 6. The number of likely N-dealkylation sites (tertiary alicyclic amines) is 1. The summed E-state index contributed by atoms with van der Waals surface area (Å²) in [5, 5.41) is 4.25. The Kier molecular flexibility index (Phi) is 6.40. The van der Waals surface area contributed by atoms with Gasteiger partial charge in [-0.1, -0.05) is 23.7 Å². The number of aryl methyl sites for hydroxylation is 1. The van der Waals surface area contributed by atoms with Gasteiger partial charge in [-0.2, -0.15) is 0 Å². The van der Waals surface area contributed by atoms with Crippen LogP contribution in [0, 0.1) is 0 Å². The van der Waals surface area contributed by atoms with Crippen molar-refractivity contribution in [3.63, 3.8) is 0 Å². The number of hydrogen-bond donors (Lipinski definition) is 1. The van der Waals surface area contributed by atoms with Gasteiger partial charge in [0.2, 0.25) is 5.91 Å². The zero-order valence-electron chi connectivity index (χ0n) is 15.1. The van der Waals surface area contributed by atoms with Crippen molar-refractivity contribution in [2.45, 2.75) is 31.7 Å². The van der Waals surface area contributed by atoms with Gasteiger partial charge in [0.05, 0.1) is 7.11 Å². The molecule has 0 aliphatic carbocycles. The average Bonchev–Trinajstić information content (AvgIpc) is 2.67. The molecule has 1 heterocycles. The smallest absolute Gasteiger partial charge is 0.222 e. The van der Waals surface area contributed by atoms with Crippen LogP contribution in [-0.2, 0) is 11.2 Å². The number of nitrogens with zero attached hydrogens (tertiary/aromatic N) is 1. The number of benzene rings is 2. The normalized spacial score (nSPS) is 17.0. The van der Waals surface area contributed by atoms with Gasteiger partial charge in [0.25, 0.3) is 0 Å². The van der Waals surface area contributed by atoms with E-state index in [0.29, 0.717) is 6.42 Å². The molecule has 138 valence electrons. The molecule has 1 fully saturated rings. The Balaban J connectivity index is 1.51. The molecule has 2 aromatic carbocycles. The first kappa shape index (κ1) is 18.6. The lowest BCUT2D eigenvalue weighted by molar-refractivity contribution is -0.132. The van der Waals surface area contributed by atoms with E-state index in [1.165, 1.54) is 0 Å². The van der Waals surface area contributed by atoms with Crippen LogP contribution >= 0.6 is 11.6 Å². The molecular formula is C21H25ClN2O2. The fraction of sp³-hybridized carbons (Fsp3) is 0.381. The Morgan fingerprint density at radius 2 is 2.08 bits per heavy atom. The maximum atomic E-state index is 12.6. The molecule has 1 amide bonds. The number of ether oxygens (including phenoxy) is 1. The van der Waals surface area contributed by atoms with Gasteiger partial charge in [0, 0.05) is 36.3 Å². The van der Waals surface area contributed by atoms with E-state index in [-0.39, 0.29) is 11.9 Å². The number of carbonyl (C=O) groups excluding carboxylic acids is 1. The predicted molar refractivity (Wildman–Crippen MR) is 106 cm³/mol. The summed E-state index contributed by atoms with van der Waals surface area (Å²) in [4.78, 5) is 14.6. The number of carbonyl (C=O) groups is 1. The van der Waals surface area contributed by atoms with Crippen molar-refractivity contribution in [2.75, 3.05) is 25.5 Å². The fourth-order valence-corrected chi connectivity index (χ4v) is 3.56. The number of nitrogens with one attached hydrogen (secondary N) is 1. The summed E-state index contributed by atoms with van der Waals surface area (Å²) in [6, 6.07) is 15.9. The second-order valence-electron chi connectivity index (χ2n) is 6.68. The standard InChI is InChI=1S/C21H25ClN2O2/c1-26-20-10-8-18(9-11-20)23-19-6-3-13-24(15-19)21(25)12-7-16-4-2-5-17(22)14-16/h2,4-5,8-11,14,19,23H,3,6-7,12-13,15H2,1H3/t19-/m1/s1. The molecule has 1 aliphatic heterocycles. The largest absolute Gasteiger partial charge is 0.497 e. The molecule has 5 heteroatoms. The second kappa shape index (κ2) is 8.95. The first-order chi connectivity index (χ1) is 12.6. The molecule has 0 saturated carbocycles. The number of anilines is 1. The number of piperidine rings is 1. The van der Waals surface area contributed by atoms with E-state index < -0.39 is 0 Å². The van der Waals surface area contributed by atoms with Gasteiger partial charge in [-0.15, -0.1) is 0 Å². The minimum atomic E-state index is 0.214. The Morgan fingerprint density at radius 1 is 1.27 bits per heavy atom. The second-order valence-corrected chi connectivity index (χ2v) is 7.12. The van der Waals surface area contributed by atoms with Gasteiger partial charge >= 0.3 is 0 Å². The summed E-state index contributed by atoms with van der Waals surface area (Å²) >= 11 is 6.01. The van der Waals surface area contributed by atoms with Crippen LogP contribution in [0.1, 0.15) is 24.8 Å². The fourth-order valence-electron chi connectivity index (χ4n) is 3.35. The Labute approximate surface area is 160 Å². The molecular weight excluding hydrogens is 348 g/mol. The van der Waals surface area contributed by atoms with E-state index in [1.54, 1.807) is 7.11 Å². The van der Waals surface area contributed by atoms with Crippen LogP contribution in [0.5, 0.6) is 5.75 Å². The minimum Gasteiger partial charge on any atom is -0.497 e. The molecule has 0 aromatic heterocycles. The molecule has 1 atom stereocenters. The summed E-state index contributed by atoms with van der Waals surface area (Å²) in [6.45, 7) is 1.59. The molecule has 26 heavy (non-hydrogen) atoms. The highest BCUT2D eigenvalue weighted by Crippen LogP contribution is 2.20. The van der Waals surface area contributed by atoms with Crippen LogP contribution in [0.3, 0.4) is 0 Å². The van der Waals surface area contributed by atoms with Crippen LogP contribution in [0.15, 0.2) is 48.5 Å². The lowest BCUT2D eigenvalue weighted by atomic mass is 10.0. The molecule has 0 radical (unpaired) electrons. The Morgan fingerprint density at radius 3 is 2.81 bits per heavy atom. The number of amides is 1. The number of methoxy groups -OCH3 is 1. The van der Waals surface area contributed by atoms with Crippen LogP contribution in [-0.4, -0.2) is 37.0 Å². The van der Waals surface area contributed by atoms with Crippen LogP contribution < -0.4 is 10.1 Å². The molecule has 1 aliphatic rings. The number of hydrogen-bond acceptors (Lipinski definition) is 3. The summed E-state index contributed by atoms with van der Waals surface area (Å²) in [6.07, 6.45) is 3.35. The molecule has 0 unspecified atom stereocenters. The van der Waals surface area contributed by atoms with Crippen molar-refractivity contribution in [1.82, 2.24) is 4.90 Å². The lowest BCUT2D eigenvalue weighted by Gasteiger charge is -2.34. The Bertz CT molecular complexity index is 733. The Hall–Kier alpha value is -2.20. The number of halogens is 1. The summed E-state index contributed by atoms with van der Waals surface area (Å²) in [5.74, 6) is 1.06. The zero-order valence-corrected chi connectivity index (χ0v) is 15.8. The van der Waals surface area contributed by atoms with Gasteiger partial charge in [0.1, 0.15) is 5.75 Å². The molecule has 0 bridgehead atoms. The van der Waals surface area contributed by atoms with Crippen molar-refractivity contribution in [3.05, 3.63) is 59.1 Å². The van der Waals surface area contributed by atoms with Crippen LogP contribution in [0.25, 0.3) is 0 Å². The third-order valence-electron chi connectivity index (χ3n) is 4.75. The molecule has 2 aromatic rings. The van der Waals surface area contributed by atoms with E-state index >= 15 is 0 Å². The molecule has 1 N–H and O–H groups in total. The van der Waals surface area contributed by atoms with Crippen molar-refractivity contribution < 1.29 is 9.53 Å². The van der Waals surface area contributed by atoms with Crippen molar-refractivity contribution in [1.29, 1.82) is 0 Å². The highest BCUT2D eigenvalue weighted by atomic mass is 35.5. The van der Waals surface area contributed by atoms with Crippen molar-refractivity contribution in [2.24, 2.45) is 0 Å². The first-order valence-corrected chi connectivity index (χ1v) is 9.44. The van der Waals surface area contributed by atoms with Gasteiger partial charge in [-0.05, 0) is 61.2 Å². The van der Waals surface area contributed by atoms with Gasteiger partial charge < -0.3 is 15.0 Å². The molecule has 0 spiro atoms. The maximum absolute atomic E-state index is 12.6. The monoisotopic (exact) mass is 372 g/mol. The first-order valence-electron chi connectivity index (χ1n) is 9.07. The van der Waals surface area contributed by atoms with E-state index in [4.69, 9.17) is 16.3 Å². The quantitative estimate of drug-likeness (QED) is 0.817. The highest BCUT2D eigenvalue weighted by molar-refractivity contribution is 6.30. The minimum absolute atomic E-state index is 0.214. The van der Waals surface area contributed by atoms with E-state index in [9.17, 15) is 4.79 Å². The van der Waals surface area contributed by atoms with E-state index in [1.807, 2.05) is 53.4 Å². The van der Waals surface area contributed by atoms with E-state index in [2.05, 4.69) is 5.32 Å². The molecule has 3 rings (SSSR count). The lowest BCUT2D eigenvalue weighted by Crippen LogP contribution is -2.45. The topological polar surface area (TPSA) is 41.6 Å². The van der Waals surface area contributed by atoms with Gasteiger partial charge in [-0.25, -0.2) is 0 Å². The van der Waals surface area contributed by atoms with Gasteiger partial charge in [-0.3, -0.25) is 4.79 Å². The van der Waals surface area contributed by atoms with Gasteiger partial charge in [0.15, 0.2) is 0 Å². The van der Waals surface area contributed by atoms with Crippen molar-refractivity contribution >= 4 is 23.2 Å². The predicted octanol–water partition coefficient (Wildman–Crippen LogP) is 4.38. The summed E-state index contributed by atoms with van der Waals surface area (Å²) in [5.41, 5.74) is 2.17. The third-order valence-corrected chi connectivity index (χ3v) is 4.99. The SMILES string of the molecule is COc1ccc(N[C@@H]2CCCN(C(=O)CCc3cccc(Cl)c3)C2)cc1. The zero-order chi connectivity index (χ0) is 18.4. The van der Waals surface area contributed by atoms with Crippen LogP contribution in [0.4, 0.5) is 5.69 Å². The average molecular weight is 373 g/mol. The third kappa shape index (κ3) is 5.15.